The lowest BCUT2D eigenvalue weighted by Gasteiger charge is -2.30. The Morgan fingerprint density at radius 2 is 2.00 bits per heavy atom. The molecule has 4 rings (SSSR count). The average Bonchev–Trinajstić information content (AvgIpc) is 2.72. The highest BCUT2D eigenvalue weighted by molar-refractivity contribution is 6.33. The van der Waals surface area contributed by atoms with E-state index in [1.807, 2.05) is 4.90 Å². The maximum absolute atomic E-state index is 13.0. The normalized spacial score (nSPS) is 14.5. The third-order valence-electron chi connectivity index (χ3n) is 5.35. The van der Waals surface area contributed by atoms with E-state index in [1.165, 1.54) is 12.1 Å². The van der Waals surface area contributed by atoms with Gasteiger partial charge in [0.05, 0.1) is 16.1 Å². The molecule has 0 N–H and O–H groups in total. The van der Waals surface area contributed by atoms with Gasteiger partial charge in [-0.1, -0.05) is 43.1 Å². The number of alkyl halides is 3. The number of fused-ring (bicyclic) bond motifs is 3. The molecule has 4 nitrogen and oxygen atoms in total. The highest BCUT2D eigenvalue weighted by atomic mass is 35.5. The molecule has 1 aliphatic heterocycles. The average molecular weight is 452 g/mol. The zero-order valence-electron chi connectivity index (χ0n) is 16.9. The minimum atomic E-state index is -4.40. The second-order valence-electron chi connectivity index (χ2n) is 7.70. The summed E-state index contributed by atoms with van der Waals surface area (Å²) in [5.41, 5.74) is 1.30. The number of unbranched alkanes of at least 4 members (excludes halogenated alkanes) is 1. The van der Waals surface area contributed by atoms with Gasteiger partial charge in [0.1, 0.15) is 18.1 Å². The summed E-state index contributed by atoms with van der Waals surface area (Å²) in [6.45, 7) is 2.82. The molecule has 0 saturated heterocycles. The van der Waals surface area contributed by atoms with Crippen molar-refractivity contribution in [1.29, 1.82) is 0 Å². The predicted molar refractivity (Wildman–Crippen MR) is 112 cm³/mol. The first-order valence-corrected chi connectivity index (χ1v) is 10.4. The van der Waals surface area contributed by atoms with Crippen LogP contribution in [0.3, 0.4) is 0 Å². The van der Waals surface area contributed by atoms with E-state index >= 15 is 0 Å². The molecule has 0 fully saturated rings. The largest absolute Gasteiger partial charge is 0.476 e. The van der Waals surface area contributed by atoms with Crippen LogP contribution in [0.25, 0.3) is 11.0 Å². The third kappa shape index (κ3) is 4.57. The molecule has 1 aliphatic rings. The summed E-state index contributed by atoms with van der Waals surface area (Å²) in [5.74, 6) is 0.449. The molecule has 0 aliphatic carbocycles. The van der Waals surface area contributed by atoms with Gasteiger partial charge in [-0.25, -0.2) is 4.79 Å². The molecule has 0 spiro atoms. The van der Waals surface area contributed by atoms with Crippen molar-refractivity contribution < 1.29 is 22.3 Å². The van der Waals surface area contributed by atoms with Crippen molar-refractivity contribution in [1.82, 2.24) is 4.90 Å². The monoisotopic (exact) mass is 451 g/mol. The Bertz CT molecular complexity index is 1170. The zero-order chi connectivity index (χ0) is 22.2. The molecule has 0 radical (unpaired) electrons. The second kappa shape index (κ2) is 8.55. The smallest absolute Gasteiger partial charge is 0.416 e. The van der Waals surface area contributed by atoms with Crippen LogP contribution < -0.4 is 10.4 Å². The van der Waals surface area contributed by atoms with E-state index in [1.54, 1.807) is 12.1 Å². The Kier molecular flexibility index (Phi) is 5.99. The van der Waals surface area contributed by atoms with Crippen molar-refractivity contribution in [2.24, 2.45) is 0 Å². The summed E-state index contributed by atoms with van der Waals surface area (Å²) in [4.78, 5) is 14.0. The number of ether oxygens (including phenoxy) is 1. The van der Waals surface area contributed by atoms with E-state index in [4.69, 9.17) is 20.8 Å². The van der Waals surface area contributed by atoms with E-state index in [-0.39, 0.29) is 13.3 Å². The van der Waals surface area contributed by atoms with Crippen LogP contribution in [0, 0.1) is 0 Å². The standard InChI is InChI=1S/C23H21ClF3NO3/c1-2-3-6-15-9-20(29)31-21-17(15)10-19(24)22-18(21)12-28(13-30-22)11-14-5-4-7-16(8-14)23(25,26)27/h4-5,7-10H,2-3,6,11-13H2,1H3. The molecule has 2 aromatic carbocycles. The van der Waals surface area contributed by atoms with Crippen LogP contribution in [-0.2, 0) is 25.7 Å². The van der Waals surface area contributed by atoms with Crippen LogP contribution in [0.1, 0.15) is 42.0 Å². The first-order valence-electron chi connectivity index (χ1n) is 10.1. The fourth-order valence-corrected chi connectivity index (χ4v) is 4.16. The Balaban J connectivity index is 1.69. The SMILES string of the molecule is CCCCc1cc(=O)oc2c3c(c(Cl)cc12)OCN(Cc1cccc(C(F)(F)F)c1)C3. The van der Waals surface area contributed by atoms with Crippen molar-refractivity contribution in [3.63, 3.8) is 0 Å². The van der Waals surface area contributed by atoms with E-state index in [0.717, 1.165) is 42.3 Å². The summed E-state index contributed by atoms with van der Waals surface area (Å²) in [6, 6.07) is 8.46. The number of benzene rings is 2. The van der Waals surface area contributed by atoms with Crippen LogP contribution in [-0.4, -0.2) is 11.6 Å². The van der Waals surface area contributed by atoms with Gasteiger partial charge in [0.15, 0.2) is 0 Å². The van der Waals surface area contributed by atoms with Crippen molar-refractivity contribution in [2.75, 3.05) is 6.73 Å². The lowest BCUT2D eigenvalue weighted by molar-refractivity contribution is -0.137. The predicted octanol–water partition coefficient (Wildman–Crippen LogP) is 6.16. The van der Waals surface area contributed by atoms with Crippen molar-refractivity contribution in [3.8, 4) is 5.75 Å². The lowest BCUT2D eigenvalue weighted by atomic mass is 10.0. The number of halogens is 4. The third-order valence-corrected chi connectivity index (χ3v) is 5.64. The van der Waals surface area contributed by atoms with E-state index < -0.39 is 17.4 Å². The maximum Gasteiger partial charge on any atom is 0.416 e. The zero-order valence-corrected chi connectivity index (χ0v) is 17.6. The van der Waals surface area contributed by atoms with Crippen LogP contribution in [0.4, 0.5) is 13.2 Å². The minimum absolute atomic E-state index is 0.161. The fourth-order valence-electron chi connectivity index (χ4n) is 3.88. The molecular weight excluding hydrogens is 431 g/mol. The quantitative estimate of drug-likeness (QED) is 0.436. The summed E-state index contributed by atoms with van der Waals surface area (Å²) in [5, 5.41) is 1.19. The van der Waals surface area contributed by atoms with E-state index in [2.05, 4.69) is 6.92 Å². The van der Waals surface area contributed by atoms with Gasteiger partial charge in [0.25, 0.3) is 0 Å². The molecule has 0 saturated carbocycles. The Hall–Kier alpha value is -2.51. The molecule has 0 amide bonds. The molecule has 0 atom stereocenters. The lowest BCUT2D eigenvalue weighted by Crippen LogP contribution is -2.32. The highest BCUT2D eigenvalue weighted by Crippen LogP contribution is 2.40. The first kappa shape index (κ1) is 21.7. The number of rotatable bonds is 5. The summed E-state index contributed by atoms with van der Waals surface area (Å²) >= 11 is 6.46. The fraction of sp³-hybridized carbons (Fsp3) is 0.348. The van der Waals surface area contributed by atoms with Crippen molar-refractivity contribution in [2.45, 2.75) is 45.5 Å². The van der Waals surface area contributed by atoms with Gasteiger partial charge in [-0.2, -0.15) is 13.2 Å². The summed E-state index contributed by atoms with van der Waals surface area (Å²) in [6.07, 6.45) is -1.77. The Labute approximate surface area is 182 Å². The van der Waals surface area contributed by atoms with Gasteiger partial charge in [0, 0.05) is 24.5 Å². The second-order valence-corrected chi connectivity index (χ2v) is 8.10. The number of aryl methyl sites for hydroxylation is 1. The van der Waals surface area contributed by atoms with Gasteiger partial charge in [-0.05, 0) is 36.1 Å². The number of hydrogen-bond acceptors (Lipinski definition) is 4. The Morgan fingerprint density at radius 3 is 2.74 bits per heavy atom. The molecule has 0 bridgehead atoms. The molecule has 164 valence electrons. The van der Waals surface area contributed by atoms with Gasteiger partial charge in [0.2, 0.25) is 0 Å². The van der Waals surface area contributed by atoms with Gasteiger partial charge < -0.3 is 9.15 Å². The molecule has 2 heterocycles. The van der Waals surface area contributed by atoms with Crippen molar-refractivity contribution >= 4 is 22.6 Å². The van der Waals surface area contributed by atoms with E-state index in [9.17, 15) is 18.0 Å². The molecule has 31 heavy (non-hydrogen) atoms. The highest BCUT2D eigenvalue weighted by Gasteiger charge is 2.31. The summed E-state index contributed by atoms with van der Waals surface area (Å²) < 4.78 is 50.4. The van der Waals surface area contributed by atoms with Crippen LogP contribution >= 0.6 is 11.6 Å². The first-order chi connectivity index (χ1) is 14.8. The molecule has 3 aromatic rings. The maximum atomic E-state index is 13.0. The molecular formula is C23H21ClF3NO3. The van der Waals surface area contributed by atoms with Gasteiger partial charge in [-0.3, -0.25) is 4.90 Å². The van der Waals surface area contributed by atoms with Gasteiger partial charge in [-0.15, -0.1) is 0 Å². The Morgan fingerprint density at radius 1 is 1.19 bits per heavy atom. The topological polar surface area (TPSA) is 42.7 Å². The van der Waals surface area contributed by atoms with Crippen LogP contribution in [0.15, 0.2) is 45.6 Å². The molecule has 0 unspecified atom stereocenters. The number of nitrogens with zero attached hydrogens (tertiary/aromatic N) is 1. The van der Waals surface area contributed by atoms with E-state index in [0.29, 0.717) is 34.0 Å². The molecule has 8 heteroatoms. The summed E-state index contributed by atoms with van der Waals surface area (Å²) in [7, 11) is 0. The van der Waals surface area contributed by atoms with Crippen molar-refractivity contribution in [3.05, 3.63) is 74.1 Å². The number of hydrogen-bond donors (Lipinski definition) is 0. The van der Waals surface area contributed by atoms with Crippen LogP contribution in [0.5, 0.6) is 5.75 Å². The molecule has 1 aromatic heterocycles. The van der Waals surface area contributed by atoms with Crippen LogP contribution in [0.2, 0.25) is 5.02 Å². The minimum Gasteiger partial charge on any atom is -0.476 e. The van der Waals surface area contributed by atoms with Gasteiger partial charge >= 0.3 is 11.8 Å².